The molecule has 2 aliphatic rings. The number of rotatable bonds is 2. The van der Waals surface area contributed by atoms with Crippen LogP contribution in [0.25, 0.3) is 0 Å². The van der Waals surface area contributed by atoms with Crippen LogP contribution in [0, 0.1) is 5.41 Å². The second kappa shape index (κ2) is 20.2. The molecule has 0 bridgehead atoms. The minimum Gasteiger partial charge on any atom is -0.780 e. The summed E-state index contributed by atoms with van der Waals surface area (Å²) in [5.74, 6) is 0.186. The van der Waals surface area contributed by atoms with Crippen LogP contribution in [-0.2, 0) is 24.4 Å². The lowest BCUT2D eigenvalue weighted by Crippen LogP contribution is -2.18. The van der Waals surface area contributed by atoms with E-state index in [0.717, 1.165) is 0 Å². The normalized spacial score (nSPS) is 12.4. The fraction of sp³-hybridized carbons (Fsp3) is 0. The van der Waals surface area contributed by atoms with E-state index in [0.29, 0.717) is 22.8 Å². The van der Waals surface area contributed by atoms with E-state index in [9.17, 15) is 28.7 Å². The standard InChI is InChI=1S/C6H8NO4P.2C6H7NO.C6H5NO.C6H4O2.H2O/c7-5-1-3-6(4-2-5)11-12(8,9)10;3*7-5-1-3-6(8)4-2-5;7-5-1-2-6(8)4-3-5;/h1-4H,7H2,(H2,8,9,10);2*1-4,8H,7H2;1-4,7H;1-4H;1H2/p-1. The monoisotopic (exact) mass is 639 g/mol. The first-order chi connectivity index (χ1) is 20.6. The predicted octanol–water partition coefficient (Wildman–Crippen LogP) is 1.46. The van der Waals surface area contributed by atoms with Crippen molar-refractivity contribution < 1.29 is 48.9 Å². The number of carbonyl (C=O) groups excluding carboxylic acids is 3. The summed E-state index contributed by atoms with van der Waals surface area (Å²) < 4.78 is 14.1. The van der Waals surface area contributed by atoms with Gasteiger partial charge in [-0.05, 0) is 121 Å². The lowest BCUT2D eigenvalue weighted by atomic mass is 10.2. The van der Waals surface area contributed by atoms with Crippen molar-refractivity contribution in [1.82, 2.24) is 0 Å². The first-order valence-corrected chi connectivity index (χ1v) is 13.7. The predicted molar refractivity (Wildman–Crippen MR) is 168 cm³/mol. The Hall–Kier alpha value is -5.79. The topological polar surface area (TPSA) is 299 Å². The van der Waals surface area contributed by atoms with Crippen molar-refractivity contribution in [3.8, 4) is 17.2 Å². The molecule has 0 unspecified atom stereocenters. The van der Waals surface area contributed by atoms with E-state index in [1.54, 1.807) is 48.5 Å². The smallest absolute Gasteiger partial charge is 0.178 e. The van der Waals surface area contributed by atoms with E-state index in [1.807, 2.05) is 0 Å². The fourth-order valence-corrected chi connectivity index (χ4v) is 2.88. The Kier molecular flexibility index (Phi) is 17.6. The zero-order valence-corrected chi connectivity index (χ0v) is 24.5. The Morgan fingerprint density at radius 1 is 0.556 bits per heavy atom. The van der Waals surface area contributed by atoms with Crippen LogP contribution in [0.15, 0.2) is 121 Å². The van der Waals surface area contributed by atoms with Crippen LogP contribution in [0.1, 0.15) is 0 Å². The summed E-state index contributed by atoms with van der Waals surface area (Å²) in [5, 5.41) is 24.4. The van der Waals surface area contributed by atoms with E-state index < -0.39 is 7.82 Å². The van der Waals surface area contributed by atoms with Gasteiger partial charge in [0.1, 0.15) is 25.1 Å². The van der Waals surface area contributed by atoms with E-state index in [1.165, 1.54) is 72.9 Å². The lowest BCUT2D eigenvalue weighted by molar-refractivity contribution is -0.333. The SMILES string of the molecule is N=C1C=CC(=O)C=C1.Nc1ccc(O)cc1.Nc1ccc(O)cc1.Nc1ccc(OP(=O)([O-])[O-])cc1.O=C1C=CC(=O)C=C1.[OH3+]. The van der Waals surface area contributed by atoms with Gasteiger partial charge in [0.15, 0.2) is 17.3 Å². The summed E-state index contributed by atoms with van der Waals surface area (Å²) in [6.07, 6.45) is 10.7. The number of phosphoric acid groups is 1. The third-order valence-corrected chi connectivity index (χ3v) is 5.00. The Morgan fingerprint density at radius 2 is 0.822 bits per heavy atom. The Morgan fingerprint density at radius 3 is 1.07 bits per heavy atom. The van der Waals surface area contributed by atoms with Crippen LogP contribution in [0.5, 0.6) is 17.2 Å². The van der Waals surface area contributed by atoms with E-state index in [-0.39, 0.29) is 40.1 Å². The number of phosphoric ester groups is 1. The molecule has 0 spiro atoms. The molecule has 0 saturated carbocycles. The van der Waals surface area contributed by atoms with Gasteiger partial charge >= 0.3 is 0 Å². The number of hydrogen-bond acceptors (Lipinski definition) is 13. The highest BCUT2D eigenvalue weighted by Gasteiger charge is 1.98. The third-order valence-electron chi connectivity index (χ3n) is 4.56. The van der Waals surface area contributed by atoms with E-state index >= 15 is 0 Å². The maximum atomic E-state index is 10.3. The number of phenols is 2. The summed E-state index contributed by atoms with van der Waals surface area (Å²) >= 11 is 0. The number of aromatic hydroxyl groups is 2. The van der Waals surface area contributed by atoms with Crippen LogP contribution in [0.4, 0.5) is 17.1 Å². The average molecular weight is 640 g/mol. The molecular weight excluding hydrogens is 607 g/mol. The largest absolute Gasteiger partial charge is 0.780 e. The number of ketones is 3. The van der Waals surface area contributed by atoms with Gasteiger partial charge in [-0.1, -0.05) is 0 Å². The summed E-state index contributed by atoms with van der Waals surface area (Å²) in [5.41, 5.74) is 18.1. The summed E-state index contributed by atoms with van der Waals surface area (Å²) in [6, 6.07) is 18.3. The number of nitrogens with one attached hydrogen (secondary N) is 1. The van der Waals surface area contributed by atoms with Gasteiger partial charge < -0.3 is 57.2 Å². The lowest BCUT2D eigenvalue weighted by Gasteiger charge is -2.28. The van der Waals surface area contributed by atoms with Gasteiger partial charge in [-0.25, -0.2) is 0 Å². The molecule has 0 atom stereocenters. The van der Waals surface area contributed by atoms with Crippen LogP contribution in [-0.4, -0.2) is 33.3 Å². The van der Waals surface area contributed by atoms with Crippen molar-refractivity contribution in [2.45, 2.75) is 0 Å². The Balaban J connectivity index is 0.000000541. The van der Waals surface area contributed by atoms with Gasteiger partial charge in [-0.2, -0.15) is 0 Å². The first-order valence-electron chi connectivity index (χ1n) is 12.2. The molecule has 2 aliphatic carbocycles. The quantitative estimate of drug-likeness (QED) is 0.0763. The van der Waals surface area contributed by atoms with Crippen molar-refractivity contribution in [1.29, 1.82) is 5.41 Å². The molecule has 0 saturated heterocycles. The molecule has 0 amide bonds. The molecule has 15 heteroatoms. The number of allylic oxidation sites excluding steroid dienone is 8. The highest BCUT2D eigenvalue weighted by molar-refractivity contribution is 7.43. The second-order valence-electron chi connectivity index (χ2n) is 8.29. The number of carbonyl (C=O) groups is 3. The highest BCUT2D eigenvalue weighted by atomic mass is 31.2. The fourth-order valence-electron chi connectivity index (χ4n) is 2.50. The van der Waals surface area contributed by atoms with Crippen LogP contribution < -0.4 is 31.5 Å². The van der Waals surface area contributed by atoms with Crippen molar-refractivity contribution in [2.75, 3.05) is 17.2 Å². The van der Waals surface area contributed by atoms with Crippen molar-refractivity contribution in [2.24, 2.45) is 0 Å². The molecule has 0 fully saturated rings. The highest BCUT2D eigenvalue weighted by Crippen LogP contribution is 2.29. The molecule has 238 valence electrons. The minimum atomic E-state index is -4.94. The van der Waals surface area contributed by atoms with Gasteiger partial charge in [0.05, 0.1) is 5.71 Å². The minimum absolute atomic E-state index is 0. The molecule has 0 heterocycles. The zero-order valence-electron chi connectivity index (χ0n) is 23.6. The molecule has 12 N–H and O–H groups in total. The summed E-state index contributed by atoms with van der Waals surface area (Å²) in [4.78, 5) is 51.1. The number of nitrogens with two attached hydrogens (primary N) is 3. The van der Waals surface area contributed by atoms with Gasteiger partial charge in [-0.3, -0.25) is 14.4 Å². The van der Waals surface area contributed by atoms with Gasteiger partial charge in [0.2, 0.25) is 0 Å². The molecule has 0 radical (unpaired) electrons. The van der Waals surface area contributed by atoms with Crippen molar-refractivity contribution >= 4 is 47.9 Å². The molecular formula is C30H32N4O10P-. The van der Waals surface area contributed by atoms with Gasteiger partial charge in [0.25, 0.3) is 0 Å². The second-order valence-corrected chi connectivity index (χ2v) is 9.36. The number of nitrogen functional groups attached to an aromatic ring is 3. The first kappa shape index (κ1) is 39.2. The number of phenolic OH excluding ortho intramolecular Hbond substituents is 2. The molecule has 3 aromatic carbocycles. The average Bonchev–Trinajstić information content (AvgIpc) is 2.97. The van der Waals surface area contributed by atoms with Gasteiger partial charge in [0, 0.05) is 17.1 Å². The van der Waals surface area contributed by atoms with Crippen LogP contribution in [0.2, 0.25) is 0 Å². The number of hydrogen-bond donors (Lipinski definition) is 6. The number of anilines is 3. The molecule has 45 heavy (non-hydrogen) atoms. The summed E-state index contributed by atoms with van der Waals surface area (Å²) in [6.45, 7) is 0. The third kappa shape index (κ3) is 20.7. The summed E-state index contributed by atoms with van der Waals surface area (Å²) in [7, 11) is -4.94. The zero-order chi connectivity index (χ0) is 33.1. The Bertz CT molecular complexity index is 1370. The molecule has 0 aliphatic heterocycles. The van der Waals surface area contributed by atoms with Gasteiger partial charge in [-0.15, -0.1) is 0 Å². The number of benzene rings is 3. The molecule has 5 rings (SSSR count). The maximum absolute atomic E-state index is 10.3. The molecule has 0 aromatic heterocycles. The van der Waals surface area contributed by atoms with E-state index in [2.05, 4.69) is 4.52 Å². The molecule has 14 nitrogen and oxygen atoms in total. The Labute approximate surface area is 258 Å². The van der Waals surface area contributed by atoms with Crippen molar-refractivity contribution in [3.63, 3.8) is 0 Å². The molecule has 3 aromatic rings. The van der Waals surface area contributed by atoms with Crippen LogP contribution >= 0.6 is 7.82 Å². The van der Waals surface area contributed by atoms with Crippen LogP contribution in [0.3, 0.4) is 0 Å². The van der Waals surface area contributed by atoms with E-state index in [4.69, 9.17) is 32.8 Å². The maximum Gasteiger partial charge on any atom is 0.178 e. The van der Waals surface area contributed by atoms with Crippen molar-refractivity contribution in [3.05, 3.63) is 121 Å².